The van der Waals surface area contributed by atoms with Crippen molar-refractivity contribution in [2.75, 3.05) is 4.90 Å². The molecule has 6 nitrogen and oxygen atoms in total. The van der Waals surface area contributed by atoms with Gasteiger partial charge in [-0.3, -0.25) is 14.6 Å². The Balaban J connectivity index is 1.39. The van der Waals surface area contributed by atoms with Gasteiger partial charge in [0.1, 0.15) is 6.61 Å². The molecule has 0 saturated carbocycles. The number of halogens is 1. The number of esters is 1. The quantitative estimate of drug-likeness (QED) is 0.305. The molecule has 0 spiro atoms. The van der Waals surface area contributed by atoms with Crippen LogP contribution in [0.4, 0.5) is 5.69 Å². The van der Waals surface area contributed by atoms with E-state index in [0.717, 1.165) is 10.5 Å². The summed E-state index contributed by atoms with van der Waals surface area (Å²) in [5.41, 5.74) is 3.33. The lowest BCUT2D eigenvalue weighted by molar-refractivity contribution is 0.0472. The first-order chi connectivity index (χ1) is 15.9. The predicted octanol–water partition coefficient (Wildman–Crippen LogP) is 5.35. The van der Waals surface area contributed by atoms with E-state index in [1.807, 2.05) is 18.2 Å². The van der Waals surface area contributed by atoms with E-state index in [4.69, 9.17) is 16.3 Å². The SMILES string of the molecule is Cc1nc2ccccc2c2c1C(=O)N(c1ccc(C(=O)OCc3ccc(Cl)cc3)cc1)C2=O. The molecule has 0 saturated heterocycles. The lowest BCUT2D eigenvalue weighted by atomic mass is 10.0. The Labute approximate surface area is 194 Å². The van der Waals surface area contributed by atoms with Crippen molar-refractivity contribution >= 4 is 46.0 Å². The van der Waals surface area contributed by atoms with E-state index in [9.17, 15) is 14.4 Å². The topological polar surface area (TPSA) is 76.6 Å². The highest BCUT2D eigenvalue weighted by Gasteiger charge is 2.40. The summed E-state index contributed by atoms with van der Waals surface area (Å²) in [5, 5.41) is 1.24. The van der Waals surface area contributed by atoms with Gasteiger partial charge in [-0.15, -0.1) is 0 Å². The molecule has 0 aliphatic carbocycles. The van der Waals surface area contributed by atoms with E-state index in [1.54, 1.807) is 49.4 Å². The molecule has 0 unspecified atom stereocenters. The largest absolute Gasteiger partial charge is 0.457 e. The fraction of sp³-hybridized carbons (Fsp3) is 0.0769. The summed E-state index contributed by atoms with van der Waals surface area (Å²) in [5.74, 6) is -1.34. The minimum Gasteiger partial charge on any atom is -0.457 e. The number of rotatable bonds is 4. The molecule has 0 N–H and O–H groups in total. The maximum atomic E-state index is 13.3. The third-order valence-electron chi connectivity index (χ3n) is 5.55. The summed E-state index contributed by atoms with van der Waals surface area (Å²) in [7, 11) is 0. The average molecular weight is 457 g/mol. The Bertz CT molecular complexity index is 1430. The van der Waals surface area contributed by atoms with Crippen LogP contribution in [0.25, 0.3) is 10.9 Å². The highest BCUT2D eigenvalue weighted by atomic mass is 35.5. The van der Waals surface area contributed by atoms with Crippen LogP contribution < -0.4 is 4.90 Å². The van der Waals surface area contributed by atoms with Gasteiger partial charge >= 0.3 is 5.97 Å². The van der Waals surface area contributed by atoms with E-state index in [2.05, 4.69) is 4.98 Å². The third kappa shape index (κ3) is 3.64. The Morgan fingerprint density at radius 2 is 1.58 bits per heavy atom. The Morgan fingerprint density at radius 3 is 2.30 bits per heavy atom. The number of imide groups is 1. The second-order valence-electron chi connectivity index (χ2n) is 7.66. The zero-order chi connectivity index (χ0) is 23.1. The van der Waals surface area contributed by atoms with Crippen LogP contribution in [0, 0.1) is 6.92 Å². The molecule has 2 heterocycles. The zero-order valence-corrected chi connectivity index (χ0v) is 18.3. The van der Waals surface area contributed by atoms with Gasteiger partial charge in [-0.05, 0) is 55.0 Å². The van der Waals surface area contributed by atoms with Crippen molar-refractivity contribution in [1.29, 1.82) is 0 Å². The lowest BCUT2D eigenvalue weighted by Crippen LogP contribution is -2.29. The number of aromatic nitrogens is 1. The van der Waals surface area contributed by atoms with Crippen LogP contribution in [0.2, 0.25) is 5.02 Å². The summed E-state index contributed by atoms with van der Waals surface area (Å²) in [6, 6.07) is 20.4. The van der Waals surface area contributed by atoms with Crippen LogP contribution in [-0.4, -0.2) is 22.8 Å². The molecule has 1 aliphatic heterocycles. The number of para-hydroxylation sites is 1. The number of aryl methyl sites for hydroxylation is 1. The molecular formula is C26H17ClN2O4. The van der Waals surface area contributed by atoms with Gasteiger partial charge in [-0.25, -0.2) is 9.69 Å². The summed E-state index contributed by atoms with van der Waals surface area (Å²) in [6.45, 7) is 1.83. The normalized spacial score (nSPS) is 12.8. The molecule has 0 radical (unpaired) electrons. The molecule has 2 amide bonds. The Hall–Kier alpha value is -4.03. The lowest BCUT2D eigenvalue weighted by Gasteiger charge is -2.14. The number of hydrogen-bond acceptors (Lipinski definition) is 5. The average Bonchev–Trinajstić information content (AvgIpc) is 3.09. The first kappa shape index (κ1) is 20.8. The van der Waals surface area contributed by atoms with Crippen molar-refractivity contribution in [3.8, 4) is 0 Å². The molecule has 5 rings (SSSR count). The van der Waals surface area contributed by atoms with Crippen LogP contribution in [0.1, 0.15) is 42.3 Å². The van der Waals surface area contributed by atoms with Gasteiger partial charge in [0.2, 0.25) is 0 Å². The number of hydrogen-bond donors (Lipinski definition) is 0. The molecular weight excluding hydrogens is 440 g/mol. The maximum Gasteiger partial charge on any atom is 0.338 e. The Kier molecular flexibility index (Phi) is 5.15. The summed E-state index contributed by atoms with van der Waals surface area (Å²) in [6.07, 6.45) is 0. The summed E-state index contributed by atoms with van der Waals surface area (Å²) >= 11 is 5.86. The molecule has 0 atom stereocenters. The molecule has 162 valence electrons. The highest BCUT2D eigenvalue weighted by molar-refractivity contribution is 6.37. The number of nitrogens with zero attached hydrogens (tertiary/aromatic N) is 2. The summed E-state index contributed by atoms with van der Waals surface area (Å²) in [4.78, 5) is 44.4. The van der Waals surface area contributed by atoms with Crippen molar-refractivity contribution in [3.05, 3.63) is 106 Å². The fourth-order valence-corrected chi connectivity index (χ4v) is 4.05. The van der Waals surface area contributed by atoms with Gasteiger partial charge in [-0.2, -0.15) is 0 Å². The van der Waals surface area contributed by atoms with Crippen molar-refractivity contribution < 1.29 is 19.1 Å². The molecule has 3 aromatic carbocycles. The van der Waals surface area contributed by atoms with E-state index in [1.165, 1.54) is 12.1 Å². The number of carbonyl (C=O) groups excluding carboxylic acids is 3. The number of amides is 2. The van der Waals surface area contributed by atoms with Crippen LogP contribution >= 0.6 is 11.6 Å². The van der Waals surface area contributed by atoms with Crippen molar-refractivity contribution in [1.82, 2.24) is 4.98 Å². The minimum atomic E-state index is -0.509. The molecule has 0 fully saturated rings. The van der Waals surface area contributed by atoms with Gasteiger partial charge < -0.3 is 4.74 Å². The summed E-state index contributed by atoms with van der Waals surface area (Å²) < 4.78 is 5.34. The van der Waals surface area contributed by atoms with Crippen molar-refractivity contribution in [2.24, 2.45) is 0 Å². The fourth-order valence-electron chi connectivity index (χ4n) is 3.93. The number of carbonyl (C=O) groups is 3. The Morgan fingerprint density at radius 1 is 0.909 bits per heavy atom. The molecule has 33 heavy (non-hydrogen) atoms. The van der Waals surface area contributed by atoms with E-state index >= 15 is 0 Å². The molecule has 1 aliphatic rings. The van der Waals surface area contributed by atoms with Crippen LogP contribution in [0.3, 0.4) is 0 Å². The number of benzene rings is 3. The van der Waals surface area contributed by atoms with Gasteiger partial charge in [0.25, 0.3) is 11.8 Å². The van der Waals surface area contributed by atoms with Crippen molar-refractivity contribution in [2.45, 2.75) is 13.5 Å². The third-order valence-corrected chi connectivity index (χ3v) is 5.80. The van der Waals surface area contributed by atoms with Gasteiger partial charge in [0.05, 0.1) is 33.6 Å². The van der Waals surface area contributed by atoms with Crippen LogP contribution in [0.15, 0.2) is 72.8 Å². The maximum absolute atomic E-state index is 13.3. The van der Waals surface area contributed by atoms with Crippen LogP contribution in [0.5, 0.6) is 0 Å². The number of fused-ring (bicyclic) bond motifs is 3. The van der Waals surface area contributed by atoms with E-state index in [0.29, 0.717) is 44.0 Å². The zero-order valence-electron chi connectivity index (χ0n) is 17.5. The number of anilines is 1. The molecule has 4 aromatic rings. The predicted molar refractivity (Wildman–Crippen MR) is 125 cm³/mol. The second kappa shape index (κ2) is 8.15. The standard InChI is InChI=1S/C26H17ClN2O4/c1-15-22-23(20-4-2-3-5-21(20)28-15)25(31)29(24(22)30)19-12-8-17(9-13-19)26(32)33-14-16-6-10-18(27)11-7-16/h2-13H,14H2,1H3. The van der Waals surface area contributed by atoms with Gasteiger partial charge in [0, 0.05) is 10.4 Å². The highest BCUT2D eigenvalue weighted by Crippen LogP contribution is 2.34. The molecule has 1 aromatic heterocycles. The van der Waals surface area contributed by atoms with Gasteiger partial charge in [0.15, 0.2) is 0 Å². The monoisotopic (exact) mass is 456 g/mol. The second-order valence-corrected chi connectivity index (χ2v) is 8.10. The molecule has 7 heteroatoms. The van der Waals surface area contributed by atoms with E-state index < -0.39 is 17.8 Å². The first-order valence-electron chi connectivity index (χ1n) is 10.2. The van der Waals surface area contributed by atoms with Gasteiger partial charge in [-0.1, -0.05) is 41.9 Å². The van der Waals surface area contributed by atoms with E-state index in [-0.39, 0.29) is 6.61 Å². The smallest absolute Gasteiger partial charge is 0.338 e. The first-order valence-corrected chi connectivity index (χ1v) is 10.6. The number of pyridine rings is 1. The molecule has 0 bridgehead atoms. The van der Waals surface area contributed by atoms with Crippen molar-refractivity contribution in [3.63, 3.8) is 0 Å². The minimum absolute atomic E-state index is 0.107. The number of ether oxygens (including phenoxy) is 1. The van der Waals surface area contributed by atoms with Crippen LogP contribution in [-0.2, 0) is 11.3 Å².